The second kappa shape index (κ2) is 4.56. The number of anilines is 1. The van der Waals surface area contributed by atoms with E-state index in [4.69, 9.17) is 5.26 Å². The molecule has 1 N–H and O–H groups in total. The first-order valence-electron chi connectivity index (χ1n) is 4.55. The number of rotatable bonds is 2. The Kier molecular flexibility index (Phi) is 3.40. The highest BCUT2D eigenvalue weighted by atomic mass is 19.1. The number of carbonyl (C=O) groups excluding carboxylic acids is 1. The Balaban J connectivity index is 2.96. The molecule has 0 heterocycles. The molecule has 0 aliphatic heterocycles. The molecular weight excluding hydrogens is 195 g/mol. The Bertz CT molecular complexity index is 421. The molecule has 1 aromatic carbocycles. The molecule has 4 heteroatoms. The minimum atomic E-state index is -0.492. The van der Waals surface area contributed by atoms with Gasteiger partial charge in [-0.3, -0.25) is 4.79 Å². The highest BCUT2D eigenvalue weighted by molar-refractivity contribution is 5.93. The van der Waals surface area contributed by atoms with Crippen LogP contribution in [0.15, 0.2) is 18.2 Å². The van der Waals surface area contributed by atoms with Crippen molar-refractivity contribution >= 4 is 11.6 Å². The van der Waals surface area contributed by atoms with Crippen LogP contribution in [0, 0.1) is 23.1 Å². The van der Waals surface area contributed by atoms with Gasteiger partial charge in [-0.05, 0) is 18.2 Å². The third kappa shape index (κ3) is 2.78. The molecular formula is C11H11FN2O. The topological polar surface area (TPSA) is 52.9 Å². The SMILES string of the molecule is CC(C)C(=O)Nc1ccc(F)cc1C#N. The smallest absolute Gasteiger partial charge is 0.226 e. The van der Waals surface area contributed by atoms with Gasteiger partial charge < -0.3 is 5.32 Å². The predicted molar refractivity (Wildman–Crippen MR) is 54.6 cm³/mol. The third-order valence-electron chi connectivity index (χ3n) is 1.88. The van der Waals surface area contributed by atoms with Crippen molar-refractivity contribution in [2.75, 3.05) is 5.32 Å². The molecule has 15 heavy (non-hydrogen) atoms. The molecule has 3 nitrogen and oxygen atoms in total. The molecule has 0 saturated heterocycles. The monoisotopic (exact) mass is 206 g/mol. The molecule has 1 amide bonds. The number of nitrogens with one attached hydrogen (secondary N) is 1. The zero-order chi connectivity index (χ0) is 11.4. The van der Waals surface area contributed by atoms with Crippen LogP contribution >= 0.6 is 0 Å². The normalized spacial score (nSPS) is 9.80. The van der Waals surface area contributed by atoms with E-state index in [1.54, 1.807) is 13.8 Å². The van der Waals surface area contributed by atoms with Crippen molar-refractivity contribution in [1.82, 2.24) is 0 Å². The van der Waals surface area contributed by atoms with Crippen molar-refractivity contribution in [2.24, 2.45) is 5.92 Å². The zero-order valence-electron chi connectivity index (χ0n) is 8.54. The van der Waals surface area contributed by atoms with Gasteiger partial charge in [-0.25, -0.2) is 4.39 Å². The number of amides is 1. The lowest BCUT2D eigenvalue weighted by Crippen LogP contribution is -2.18. The Morgan fingerprint density at radius 2 is 2.20 bits per heavy atom. The molecule has 0 aliphatic carbocycles. The van der Waals surface area contributed by atoms with Gasteiger partial charge in [-0.15, -0.1) is 0 Å². The maximum absolute atomic E-state index is 12.8. The van der Waals surface area contributed by atoms with Crippen LogP contribution in [-0.2, 0) is 4.79 Å². The molecule has 0 unspecified atom stereocenters. The molecule has 0 atom stereocenters. The molecule has 0 aromatic heterocycles. The minimum absolute atomic E-state index is 0.129. The molecule has 0 saturated carbocycles. The van der Waals surface area contributed by atoms with Crippen LogP contribution in [0.1, 0.15) is 19.4 Å². The quantitative estimate of drug-likeness (QED) is 0.807. The number of hydrogen-bond acceptors (Lipinski definition) is 2. The number of benzene rings is 1. The lowest BCUT2D eigenvalue weighted by atomic mass is 10.1. The maximum atomic E-state index is 12.8. The van der Waals surface area contributed by atoms with Gasteiger partial charge in [0.25, 0.3) is 0 Å². The molecule has 0 fully saturated rings. The van der Waals surface area contributed by atoms with Crippen molar-refractivity contribution in [3.63, 3.8) is 0 Å². The van der Waals surface area contributed by atoms with Gasteiger partial charge >= 0.3 is 0 Å². The van der Waals surface area contributed by atoms with E-state index in [1.165, 1.54) is 12.1 Å². The minimum Gasteiger partial charge on any atom is -0.325 e. The molecule has 0 radical (unpaired) electrons. The van der Waals surface area contributed by atoms with E-state index in [0.717, 1.165) is 6.07 Å². The summed E-state index contributed by atoms with van der Waals surface area (Å²) in [6, 6.07) is 5.51. The molecule has 0 aliphatic rings. The summed E-state index contributed by atoms with van der Waals surface area (Å²) in [6.45, 7) is 3.48. The summed E-state index contributed by atoms with van der Waals surface area (Å²) in [4.78, 5) is 11.4. The Morgan fingerprint density at radius 3 is 2.73 bits per heavy atom. The van der Waals surface area contributed by atoms with E-state index in [-0.39, 0.29) is 17.4 Å². The van der Waals surface area contributed by atoms with E-state index < -0.39 is 5.82 Å². The molecule has 1 aromatic rings. The van der Waals surface area contributed by atoms with Crippen molar-refractivity contribution < 1.29 is 9.18 Å². The Morgan fingerprint density at radius 1 is 1.53 bits per heavy atom. The number of nitriles is 1. The predicted octanol–water partition coefficient (Wildman–Crippen LogP) is 2.29. The first kappa shape index (κ1) is 11.2. The van der Waals surface area contributed by atoms with Crippen molar-refractivity contribution in [1.29, 1.82) is 5.26 Å². The highest BCUT2D eigenvalue weighted by Gasteiger charge is 2.10. The van der Waals surface area contributed by atoms with E-state index >= 15 is 0 Å². The van der Waals surface area contributed by atoms with Crippen molar-refractivity contribution in [3.05, 3.63) is 29.6 Å². The summed E-state index contributed by atoms with van der Waals surface area (Å²) >= 11 is 0. The second-order valence-corrected chi connectivity index (χ2v) is 3.45. The summed E-state index contributed by atoms with van der Waals surface area (Å²) in [5, 5.41) is 11.3. The van der Waals surface area contributed by atoms with Crippen LogP contribution < -0.4 is 5.32 Å². The fraction of sp³-hybridized carbons (Fsp3) is 0.273. The van der Waals surface area contributed by atoms with Gasteiger partial charge in [0, 0.05) is 5.92 Å². The highest BCUT2D eigenvalue weighted by Crippen LogP contribution is 2.16. The summed E-state index contributed by atoms with van der Waals surface area (Å²) in [7, 11) is 0. The average Bonchev–Trinajstić information content (AvgIpc) is 2.20. The van der Waals surface area contributed by atoms with Gasteiger partial charge in [-0.2, -0.15) is 5.26 Å². The van der Waals surface area contributed by atoms with E-state index in [9.17, 15) is 9.18 Å². The van der Waals surface area contributed by atoms with Crippen LogP contribution in [-0.4, -0.2) is 5.91 Å². The average molecular weight is 206 g/mol. The van der Waals surface area contributed by atoms with Gasteiger partial charge in [0.15, 0.2) is 0 Å². The fourth-order valence-corrected chi connectivity index (χ4v) is 0.995. The summed E-state index contributed by atoms with van der Waals surface area (Å²) in [5.74, 6) is -0.867. The van der Waals surface area contributed by atoms with Crippen LogP contribution in [0.3, 0.4) is 0 Å². The van der Waals surface area contributed by atoms with Crippen LogP contribution in [0.2, 0.25) is 0 Å². The van der Waals surface area contributed by atoms with Crippen LogP contribution in [0.4, 0.5) is 10.1 Å². The van der Waals surface area contributed by atoms with E-state index in [0.29, 0.717) is 5.69 Å². The fourth-order valence-electron chi connectivity index (χ4n) is 0.995. The Labute approximate surface area is 87.5 Å². The lowest BCUT2D eigenvalue weighted by molar-refractivity contribution is -0.118. The first-order chi connectivity index (χ1) is 7.04. The zero-order valence-corrected chi connectivity index (χ0v) is 8.54. The summed E-state index contributed by atoms with van der Waals surface area (Å²) in [6.07, 6.45) is 0. The van der Waals surface area contributed by atoms with Gasteiger partial charge in [0.2, 0.25) is 5.91 Å². The lowest BCUT2D eigenvalue weighted by Gasteiger charge is -2.08. The summed E-state index contributed by atoms with van der Waals surface area (Å²) < 4.78 is 12.8. The van der Waals surface area contributed by atoms with Gasteiger partial charge in [0.1, 0.15) is 11.9 Å². The maximum Gasteiger partial charge on any atom is 0.226 e. The van der Waals surface area contributed by atoms with E-state index in [1.807, 2.05) is 6.07 Å². The van der Waals surface area contributed by atoms with E-state index in [2.05, 4.69) is 5.32 Å². The van der Waals surface area contributed by atoms with Gasteiger partial charge in [-0.1, -0.05) is 13.8 Å². The van der Waals surface area contributed by atoms with Crippen molar-refractivity contribution in [2.45, 2.75) is 13.8 Å². The Hall–Kier alpha value is -1.89. The van der Waals surface area contributed by atoms with Crippen molar-refractivity contribution in [3.8, 4) is 6.07 Å². The third-order valence-corrected chi connectivity index (χ3v) is 1.88. The molecule has 0 bridgehead atoms. The van der Waals surface area contributed by atoms with Crippen LogP contribution in [0.25, 0.3) is 0 Å². The first-order valence-corrected chi connectivity index (χ1v) is 4.55. The molecule has 1 rings (SSSR count). The molecule has 78 valence electrons. The number of hydrogen-bond donors (Lipinski definition) is 1. The number of carbonyl (C=O) groups is 1. The number of nitrogens with zero attached hydrogens (tertiary/aromatic N) is 1. The van der Waals surface area contributed by atoms with Crippen LogP contribution in [0.5, 0.6) is 0 Å². The van der Waals surface area contributed by atoms with Gasteiger partial charge in [0.05, 0.1) is 11.3 Å². The largest absolute Gasteiger partial charge is 0.325 e. The summed E-state index contributed by atoms with van der Waals surface area (Å²) in [5.41, 5.74) is 0.474. The molecule has 0 spiro atoms. The standard InChI is InChI=1S/C11H11FN2O/c1-7(2)11(15)14-10-4-3-9(12)5-8(10)6-13/h3-5,7H,1-2H3,(H,14,15). The second-order valence-electron chi connectivity index (χ2n) is 3.45. The number of halogens is 1.